The number of esters is 1. The fourth-order valence-corrected chi connectivity index (χ4v) is 1.16. The number of carbonyl (C=O) groups excluding carboxylic acids is 1. The minimum Gasteiger partial charge on any atom is -0.463 e. The summed E-state index contributed by atoms with van der Waals surface area (Å²) in [5.41, 5.74) is 1.64. The van der Waals surface area contributed by atoms with E-state index in [2.05, 4.69) is 0 Å². The van der Waals surface area contributed by atoms with E-state index in [0.717, 1.165) is 5.56 Å². The van der Waals surface area contributed by atoms with E-state index in [0.29, 0.717) is 12.2 Å². The Morgan fingerprint density at radius 3 is 2.86 bits per heavy atom. The van der Waals surface area contributed by atoms with Gasteiger partial charge >= 0.3 is 5.97 Å². The van der Waals surface area contributed by atoms with Gasteiger partial charge in [0.05, 0.1) is 6.61 Å². The lowest BCUT2D eigenvalue weighted by Crippen LogP contribution is -2.04. The van der Waals surface area contributed by atoms with E-state index < -0.39 is 0 Å². The Balaban J connectivity index is 2.73. The maximum atomic E-state index is 11.3. The predicted molar refractivity (Wildman–Crippen MR) is 55.7 cm³/mol. The highest BCUT2D eigenvalue weighted by Gasteiger charge is 2.04. The molecule has 1 aromatic heterocycles. The van der Waals surface area contributed by atoms with Crippen molar-refractivity contribution in [1.29, 1.82) is 0 Å². The number of rotatable bonds is 3. The van der Waals surface area contributed by atoms with Crippen LogP contribution in [0.3, 0.4) is 0 Å². The number of ether oxygens (including phenoxy) is 1. The average Bonchev–Trinajstić information content (AvgIpc) is 2.51. The number of aryl methyl sites for hydroxylation is 1. The van der Waals surface area contributed by atoms with E-state index in [4.69, 9.17) is 4.74 Å². The molecule has 1 heterocycles. The van der Waals surface area contributed by atoms with Gasteiger partial charge in [0.25, 0.3) is 0 Å². The standard InChI is InChI=1S/C11H15NO2/c1-4-14-11(13)9(2)7-10-5-6-12(3)8-10/h5-8H,4H2,1-3H3/b9-7+. The van der Waals surface area contributed by atoms with Crippen LogP contribution in [0.25, 0.3) is 6.08 Å². The summed E-state index contributed by atoms with van der Waals surface area (Å²) in [5, 5.41) is 0. The highest BCUT2D eigenvalue weighted by Crippen LogP contribution is 2.07. The Kier molecular flexibility index (Phi) is 3.51. The minimum atomic E-state index is -0.253. The van der Waals surface area contributed by atoms with Crippen LogP contribution < -0.4 is 0 Å². The molecule has 0 aliphatic heterocycles. The quantitative estimate of drug-likeness (QED) is 0.543. The summed E-state index contributed by atoms with van der Waals surface area (Å²) in [4.78, 5) is 11.3. The lowest BCUT2D eigenvalue weighted by atomic mass is 10.2. The molecule has 0 aliphatic carbocycles. The molecule has 0 atom stereocenters. The maximum Gasteiger partial charge on any atom is 0.333 e. The average molecular weight is 193 g/mol. The first-order valence-electron chi connectivity index (χ1n) is 4.61. The molecule has 1 aromatic rings. The zero-order chi connectivity index (χ0) is 10.6. The molecule has 76 valence electrons. The van der Waals surface area contributed by atoms with Crippen LogP contribution in [0.2, 0.25) is 0 Å². The van der Waals surface area contributed by atoms with Crippen molar-refractivity contribution in [1.82, 2.24) is 4.57 Å². The molecule has 0 N–H and O–H groups in total. The number of carbonyl (C=O) groups is 1. The largest absolute Gasteiger partial charge is 0.463 e. The van der Waals surface area contributed by atoms with Crippen LogP contribution in [-0.2, 0) is 16.6 Å². The summed E-state index contributed by atoms with van der Waals surface area (Å²) in [6.07, 6.45) is 5.70. The van der Waals surface area contributed by atoms with Crippen LogP contribution in [0, 0.1) is 0 Å². The number of hydrogen-bond donors (Lipinski definition) is 0. The monoisotopic (exact) mass is 193 g/mol. The number of nitrogens with zero attached hydrogens (tertiary/aromatic N) is 1. The molecular formula is C11H15NO2. The summed E-state index contributed by atoms with van der Waals surface area (Å²) >= 11 is 0. The fraction of sp³-hybridized carbons (Fsp3) is 0.364. The molecule has 0 spiro atoms. The lowest BCUT2D eigenvalue weighted by Gasteiger charge is -2.00. The van der Waals surface area contributed by atoms with Crippen LogP contribution in [0.5, 0.6) is 0 Å². The van der Waals surface area contributed by atoms with Gasteiger partial charge in [-0.2, -0.15) is 0 Å². The van der Waals surface area contributed by atoms with Gasteiger partial charge in [0.2, 0.25) is 0 Å². The van der Waals surface area contributed by atoms with Gasteiger partial charge in [0.15, 0.2) is 0 Å². The van der Waals surface area contributed by atoms with E-state index in [1.165, 1.54) is 0 Å². The van der Waals surface area contributed by atoms with Gasteiger partial charge in [0, 0.05) is 25.0 Å². The van der Waals surface area contributed by atoms with E-state index in [9.17, 15) is 4.79 Å². The van der Waals surface area contributed by atoms with Crippen LogP contribution in [-0.4, -0.2) is 17.1 Å². The highest BCUT2D eigenvalue weighted by atomic mass is 16.5. The molecule has 0 unspecified atom stereocenters. The van der Waals surface area contributed by atoms with Crippen molar-refractivity contribution in [2.45, 2.75) is 13.8 Å². The predicted octanol–water partition coefficient (Wildman–Crippen LogP) is 1.99. The summed E-state index contributed by atoms with van der Waals surface area (Å²) < 4.78 is 6.80. The number of aromatic nitrogens is 1. The highest BCUT2D eigenvalue weighted by molar-refractivity contribution is 5.92. The van der Waals surface area contributed by atoms with E-state index >= 15 is 0 Å². The van der Waals surface area contributed by atoms with E-state index in [1.807, 2.05) is 36.2 Å². The molecule has 0 saturated carbocycles. The first-order chi connectivity index (χ1) is 6.63. The molecule has 0 aromatic carbocycles. The Morgan fingerprint density at radius 2 is 2.36 bits per heavy atom. The molecular weight excluding hydrogens is 178 g/mol. The first-order valence-corrected chi connectivity index (χ1v) is 4.61. The first kappa shape index (κ1) is 10.6. The number of hydrogen-bond acceptors (Lipinski definition) is 2. The zero-order valence-electron chi connectivity index (χ0n) is 8.78. The summed E-state index contributed by atoms with van der Waals surface area (Å²) in [6.45, 7) is 3.97. The molecule has 14 heavy (non-hydrogen) atoms. The topological polar surface area (TPSA) is 31.2 Å². The second kappa shape index (κ2) is 4.65. The summed E-state index contributed by atoms with van der Waals surface area (Å²) in [7, 11) is 1.94. The Morgan fingerprint density at radius 1 is 1.64 bits per heavy atom. The molecule has 3 nitrogen and oxygen atoms in total. The van der Waals surface area contributed by atoms with Crippen LogP contribution in [0.1, 0.15) is 19.4 Å². The smallest absolute Gasteiger partial charge is 0.333 e. The third-order valence-electron chi connectivity index (χ3n) is 1.84. The maximum absolute atomic E-state index is 11.3. The van der Waals surface area contributed by atoms with Crippen LogP contribution >= 0.6 is 0 Å². The van der Waals surface area contributed by atoms with Crippen molar-refractivity contribution < 1.29 is 9.53 Å². The van der Waals surface area contributed by atoms with Crippen molar-refractivity contribution in [2.75, 3.05) is 6.61 Å². The van der Waals surface area contributed by atoms with E-state index in [-0.39, 0.29) is 5.97 Å². The van der Waals surface area contributed by atoms with E-state index in [1.54, 1.807) is 13.8 Å². The molecule has 0 fully saturated rings. The fourth-order valence-electron chi connectivity index (χ4n) is 1.16. The molecule has 0 saturated heterocycles. The van der Waals surface area contributed by atoms with Gasteiger partial charge in [-0.05, 0) is 31.6 Å². The van der Waals surface area contributed by atoms with Gasteiger partial charge in [-0.1, -0.05) is 0 Å². The molecule has 1 rings (SSSR count). The molecule has 0 bridgehead atoms. The van der Waals surface area contributed by atoms with Crippen molar-refractivity contribution in [3.8, 4) is 0 Å². The summed E-state index contributed by atoms with van der Waals surface area (Å²) in [6, 6.07) is 1.95. The molecule has 0 radical (unpaired) electrons. The van der Waals surface area contributed by atoms with Crippen molar-refractivity contribution in [3.63, 3.8) is 0 Å². The molecule has 0 amide bonds. The van der Waals surface area contributed by atoms with Crippen molar-refractivity contribution in [3.05, 3.63) is 29.6 Å². The third-order valence-corrected chi connectivity index (χ3v) is 1.84. The van der Waals surface area contributed by atoms with Crippen molar-refractivity contribution in [2.24, 2.45) is 7.05 Å². The Labute approximate surface area is 84.0 Å². The van der Waals surface area contributed by atoms with Crippen molar-refractivity contribution >= 4 is 12.0 Å². The lowest BCUT2D eigenvalue weighted by molar-refractivity contribution is -0.138. The Hall–Kier alpha value is -1.51. The molecule has 0 aliphatic rings. The van der Waals surface area contributed by atoms with Crippen LogP contribution in [0.15, 0.2) is 24.0 Å². The second-order valence-corrected chi connectivity index (χ2v) is 3.16. The van der Waals surface area contributed by atoms with Gasteiger partial charge in [-0.25, -0.2) is 4.79 Å². The van der Waals surface area contributed by atoms with Gasteiger partial charge in [-0.3, -0.25) is 0 Å². The van der Waals surface area contributed by atoms with Gasteiger partial charge < -0.3 is 9.30 Å². The molecule has 3 heteroatoms. The summed E-state index contributed by atoms with van der Waals surface area (Å²) in [5.74, 6) is -0.253. The zero-order valence-corrected chi connectivity index (χ0v) is 8.78. The Bertz CT molecular complexity index is 350. The minimum absolute atomic E-state index is 0.253. The third kappa shape index (κ3) is 2.76. The normalized spacial score (nSPS) is 11.5. The van der Waals surface area contributed by atoms with Gasteiger partial charge in [-0.15, -0.1) is 0 Å². The van der Waals surface area contributed by atoms with Gasteiger partial charge in [0.1, 0.15) is 0 Å². The van der Waals surface area contributed by atoms with Crippen LogP contribution in [0.4, 0.5) is 0 Å². The SMILES string of the molecule is CCOC(=O)/C(C)=C/c1ccn(C)c1. The second-order valence-electron chi connectivity index (χ2n) is 3.16.